The largest absolute Gasteiger partial charge is 0.344 e. The molecule has 17 heavy (non-hydrogen) atoms. The van der Waals surface area contributed by atoms with E-state index in [1.165, 1.54) is 64.2 Å². The first-order valence-corrected chi connectivity index (χ1v) is 7.63. The van der Waals surface area contributed by atoms with Crippen molar-refractivity contribution in [3.05, 3.63) is 0 Å². The molecule has 0 amide bonds. The van der Waals surface area contributed by atoms with E-state index in [0.29, 0.717) is 0 Å². The summed E-state index contributed by atoms with van der Waals surface area (Å²) in [5.74, 6) is 0. The molecule has 0 aromatic carbocycles. The molecule has 0 saturated heterocycles. The van der Waals surface area contributed by atoms with E-state index in [0.717, 1.165) is 12.8 Å². The molecule has 0 heterocycles. The fraction of sp³-hybridized carbons (Fsp3) is 0.929. The third-order valence-electron chi connectivity index (χ3n) is 3.03. The molecule has 3 heteroatoms. The number of carbonyl (C=O) groups excluding carboxylic acids is 1. The minimum absolute atomic E-state index is 0. The van der Waals surface area contributed by atoms with E-state index in [1.807, 2.05) is 0 Å². The van der Waals surface area contributed by atoms with Gasteiger partial charge in [-0.3, -0.25) is 4.79 Å². The molecule has 104 valence electrons. The van der Waals surface area contributed by atoms with Crippen molar-refractivity contribution >= 4 is 14.8 Å². The molecular weight excluding hydrogens is 229 g/mol. The van der Waals surface area contributed by atoms with Gasteiger partial charge in [0.2, 0.25) is 0 Å². The van der Waals surface area contributed by atoms with Gasteiger partial charge in [-0.15, -0.1) is 0 Å². The zero-order valence-corrected chi connectivity index (χ0v) is 12.8. The van der Waals surface area contributed by atoms with Gasteiger partial charge >= 0.3 is 0 Å². The summed E-state index contributed by atoms with van der Waals surface area (Å²) in [4.78, 5) is 10.7. The van der Waals surface area contributed by atoms with E-state index in [9.17, 15) is 4.79 Å². The second-order valence-corrected chi connectivity index (χ2v) is 5.40. The zero-order chi connectivity index (χ0) is 12.1. The predicted octanol–water partition coefficient (Wildman–Crippen LogP) is 5.25. The van der Waals surface area contributed by atoms with Crippen molar-refractivity contribution in [3.63, 3.8) is 0 Å². The molecule has 2 nitrogen and oxygen atoms in total. The maximum atomic E-state index is 10.7. The van der Waals surface area contributed by atoms with E-state index in [1.54, 1.807) is 0 Å². The molecule has 3 N–H and O–H groups in total. The summed E-state index contributed by atoms with van der Waals surface area (Å²) in [5, 5.41) is 0. The van der Waals surface area contributed by atoms with Crippen LogP contribution >= 0.6 is 9.24 Å². The van der Waals surface area contributed by atoms with Gasteiger partial charge in [-0.2, -0.15) is 0 Å². The molecule has 0 aliphatic rings. The van der Waals surface area contributed by atoms with Crippen LogP contribution in [0.1, 0.15) is 84.0 Å². The van der Waals surface area contributed by atoms with Crippen LogP contribution in [-0.4, -0.2) is 5.52 Å². The first-order valence-electron chi connectivity index (χ1n) is 7.05. The van der Waals surface area contributed by atoms with E-state index < -0.39 is 0 Å². The van der Waals surface area contributed by atoms with Gasteiger partial charge in [-0.25, -0.2) is 0 Å². The molecule has 0 spiro atoms. The van der Waals surface area contributed by atoms with Crippen LogP contribution in [0.5, 0.6) is 0 Å². The highest BCUT2D eigenvalue weighted by Gasteiger charge is 1.95. The van der Waals surface area contributed by atoms with E-state index in [-0.39, 0.29) is 11.7 Å². The molecule has 0 radical (unpaired) electrons. The number of hydrogen-bond donors (Lipinski definition) is 1. The molecule has 0 fully saturated rings. The molecule has 1 unspecified atom stereocenters. The first kappa shape index (κ1) is 19.4. The lowest BCUT2D eigenvalue weighted by Crippen LogP contribution is -1.86. The van der Waals surface area contributed by atoms with Crippen LogP contribution in [0, 0.1) is 0 Å². The number of hydrogen-bond acceptors (Lipinski definition) is 2. The van der Waals surface area contributed by atoms with Crippen LogP contribution in [0.15, 0.2) is 0 Å². The van der Waals surface area contributed by atoms with Crippen molar-refractivity contribution in [2.45, 2.75) is 84.0 Å². The van der Waals surface area contributed by atoms with Crippen molar-refractivity contribution in [1.82, 2.24) is 6.15 Å². The molecule has 0 aromatic heterocycles. The molecule has 0 aromatic rings. The number of carbonyl (C=O) groups is 1. The van der Waals surface area contributed by atoms with Crippen LogP contribution in [0.4, 0.5) is 0 Å². The molecule has 0 aliphatic heterocycles. The Balaban J connectivity index is 0. The first-order chi connectivity index (χ1) is 7.77. The Hall–Kier alpha value is 0.0600. The Bertz CT molecular complexity index is 162. The van der Waals surface area contributed by atoms with E-state index >= 15 is 0 Å². The summed E-state index contributed by atoms with van der Waals surface area (Å²) in [6.45, 7) is 2.26. The second-order valence-electron chi connectivity index (χ2n) is 4.75. The average molecular weight is 261 g/mol. The summed E-state index contributed by atoms with van der Waals surface area (Å²) in [7, 11) is 2.25. The van der Waals surface area contributed by atoms with Crippen molar-refractivity contribution in [2.75, 3.05) is 0 Å². The lowest BCUT2D eigenvalue weighted by Gasteiger charge is -2.01. The Labute approximate surface area is 110 Å². The molecular formula is C14H32NOP. The maximum Gasteiger partial charge on any atom is 0.148 e. The molecule has 1 atom stereocenters. The third kappa shape index (κ3) is 18.6. The van der Waals surface area contributed by atoms with Crippen molar-refractivity contribution in [1.29, 1.82) is 0 Å². The zero-order valence-electron chi connectivity index (χ0n) is 11.7. The standard InChI is InChI=1S/C14H29OP.H3N/c1-2-3-4-5-6-7-8-9-10-11-12-13-14(15)16;/h2-13,16H2,1H3;1H3. The van der Waals surface area contributed by atoms with Crippen molar-refractivity contribution in [3.8, 4) is 0 Å². The Morgan fingerprint density at radius 2 is 1.12 bits per heavy atom. The van der Waals surface area contributed by atoms with Gasteiger partial charge in [0.25, 0.3) is 0 Å². The lowest BCUT2D eigenvalue weighted by atomic mass is 10.1. The van der Waals surface area contributed by atoms with Crippen LogP contribution < -0.4 is 6.15 Å². The third-order valence-corrected chi connectivity index (χ3v) is 3.32. The number of unbranched alkanes of at least 4 members (excludes halogenated alkanes) is 10. The van der Waals surface area contributed by atoms with Crippen LogP contribution in [0.2, 0.25) is 0 Å². The maximum absolute atomic E-state index is 10.7. The highest BCUT2D eigenvalue weighted by atomic mass is 31.0. The minimum atomic E-state index is 0. The highest BCUT2D eigenvalue weighted by Crippen LogP contribution is 2.12. The molecule has 0 saturated carbocycles. The van der Waals surface area contributed by atoms with E-state index in [4.69, 9.17) is 0 Å². The summed E-state index contributed by atoms with van der Waals surface area (Å²) < 4.78 is 0. The van der Waals surface area contributed by atoms with Crippen LogP contribution in [-0.2, 0) is 4.79 Å². The highest BCUT2D eigenvalue weighted by molar-refractivity contribution is 7.40. The lowest BCUT2D eigenvalue weighted by molar-refractivity contribution is -0.111. The Morgan fingerprint density at radius 3 is 1.47 bits per heavy atom. The summed E-state index contributed by atoms with van der Waals surface area (Å²) in [6, 6.07) is 0. The normalized spacial score (nSPS) is 10.0. The quantitative estimate of drug-likeness (QED) is 0.385. The average Bonchev–Trinajstić information content (AvgIpc) is 2.25. The Morgan fingerprint density at radius 1 is 0.765 bits per heavy atom. The van der Waals surface area contributed by atoms with E-state index in [2.05, 4.69) is 16.2 Å². The molecule has 0 bridgehead atoms. The topological polar surface area (TPSA) is 52.1 Å². The van der Waals surface area contributed by atoms with Gasteiger partial charge in [0, 0.05) is 6.42 Å². The minimum Gasteiger partial charge on any atom is -0.344 e. The Kier molecular flexibility index (Phi) is 18.3. The SMILES string of the molecule is CCCCCCCCCCCCCC(=O)P.N. The van der Waals surface area contributed by atoms with Gasteiger partial charge < -0.3 is 6.15 Å². The van der Waals surface area contributed by atoms with Gasteiger partial charge in [0.1, 0.15) is 5.52 Å². The summed E-state index contributed by atoms with van der Waals surface area (Å²) in [5.41, 5.74) is 0.260. The van der Waals surface area contributed by atoms with Crippen LogP contribution in [0.25, 0.3) is 0 Å². The van der Waals surface area contributed by atoms with Gasteiger partial charge in [-0.05, 0) is 6.42 Å². The van der Waals surface area contributed by atoms with Gasteiger partial charge in [-0.1, -0.05) is 80.4 Å². The van der Waals surface area contributed by atoms with Crippen LogP contribution in [0.3, 0.4) is 0 Å². The van der Waals surface area contributed by atoms with Gasteiger partial charge in [0.05, 0.1) is 0 Å². The molecule has 0 aliphatic carbocycles. The molecule has 0 rings (SSSR count). The number of rotatable bonds is 12. The van der Waals surface area contributed by atoms with Crippen molar-refractivity contribution < 1.29 is 4.79 Å². The fourth-order valence-electron chi connectivity index (χ4n) is 1.96. The summed E-state index contributed by atoms with van der Waals surface area (Å²) >= 11 is 0. The second kappa shape index (κ2) is 16.1. The van der Waals surface area contributed by atoms with Crippen molar-refractivity contribution in [2.24, 2.45) is 0 Å². The van der Waals surface area contributed by atoms with Gasteiger partial charge in [0.15, 0.2) is 0 Å². The smallest absolute Gasteiger partial charge is 0.148 e. The monoisotopic (exact) mass is 261 g/mol. The summed E-state index contributed by atoms with van der Waals surface area (Å²) in [6.07, 6.45) is 15.6. The fourth-order valence-corrected chi connectivity index (χ4v) is 2.17. The predicted molar refractivity (Wildman–Crippen MR) is 80.8 cm³/mol.